The molecule has 0 aromatic heterocycles. The summed E-state index contributed by atoms with van der Waals surface area (Å²) in [5, 5.41) is 10.8. The van der Waals surface area contributed by atoms with Gasteiger partial charge in [0.1, 0.15) is 17.5 Å². The maximum atomic E-state index is 10.8. The maximum absolute atomic E-state index is 10.8. The number of hydrogen-bond donors (Lipinski definition) is 2. The summed E-state index contributed by atoms with van der Waals surface area (Å²) in [6, 6.07) is 4.11. The summed E-state index contributed by atoms with van der Waals surface area (Å²) >= 11 is 0. The van der Waals surface area contributed by atoms with Crippen molar-refractivity contribution in [1.82, 2.24) is 0 Å². The minimum Gasteiger partial charge on any atom is -0.488 e. The highest BCUT2D eigenvalue weighted by Crippen LogP contribution is 2.46. The molecule has 0 spiro atoms. The first kappa shape index (κ1) is 12.8. The molecule has 1 aromatic carbocycles. The molecule has 1 aromatic rings. The fourth-order valence-electron chi connectivity index (χ4n) is 3.28. The Balaban J connectivity index is 2.19. The van der Waals surface area contributed by atoms with Crippen LogP contribution in [0, 0.1) is 0 Å². The maximum Gasteiger partial charge on any atom is 0.146 e. The Kier molecular flexibility index (Phi) is 2.95. The second-order valence-electron chi connectivity index (χ2n) is 5.84. The molecule has 3 rings (SSSR count). The van der Waals surface area contributed by atoms with Gasteiger partial charge in [0.15, 0.2) is 0 Å². The zero-order chi connectivity index (χ0) is 13.6. The molecule has 2 unspecified atom stereocenters. The number of nitrogens with two attached hydrogens (primary N) is 1. The predicted molar refractivity (Wildman–Crippen MR) is 75.7 cm³/mol. The van der Waals surface area contributed by atoms with E-state index in [1.54, 1.807) is 0 Å². The van der Waals surface area contributed by atoms with Crippen LogP contribution >= 0.6 is 0 Å². The van der Waals surface area contributed by atoms with E-state index in [2.05, 4.69) is 24.9 Å². The summed E-state index contributed by atoms with van der Waals surface area (Å²) in [5.74, 6) is 0.946. The molecule has 0 bridgehead atoms. The number of fused-ring (bicyclic) bond motifs is 3. The van der Waals surface area contributed by atoms with E-state index in [-0.39, 0.29) is 12.6 Å². The van der Waals surface area contributed by atoms with E-state index in [9.17, 15) is 5.11 Å². The van der Waals surface area contributed by atoms with Gasteiger partial charge in [-0.25, -0.2) is 0 Å². The first-order valence-corrected chi connectivity index (χ1v) is 7.02. The summed E-state index contributed by atoms with van der Waals surface area (Å²) in [6.07, 6.45) is 2.79. The van der Waals surface area contributed by atoms with Gasteiger partial charge in [-0.05, 0) is 25.3 Å². The van der Waals surface area contributed by atoms with E-state index < -0.39 is 5.60 Å². The van der Waals surface area contributed by atoms with Crippen LogP contribution in [0.25, 0.3) is 0 Å². The molecule has 0 aliphatic carbocycles. The van der Waals surface area contributed by atoms with Gasteiger partial charge >= 0.3 is 0 Å². The second-order valence-corrected chi connectivity index (χ2v) is 5.84. The van der Waals surface area contributed by atoms with Gasteiger partial charge in [0.25, 0.3) is 0 Å². The number of anilines is 1. The molecule has 0 amide bonds. The van der Waals surface area contributed by atoms with Gasteiger partial charge in [0.05, 0.1) is 5.69 Å². The largest absolute Gasteiger partial charge is 0.488 e. The first-order valence-electron chi connectivity index (χ1n) is 7.02. The van der Waals surface area contributed by atoms with Crippen LogP contribution in [0.5, 0.6) is 5.75 Å². The Morgan fingerprint density at radius 1 is 1.53 bits per heavy atom. The fraction of sp³-hybridized carbons (Fsp3) is 0.600. The van der Waals surface area contributed by atoms with Crippen molar-refractivity contribution in [3.63, 3.8) is 0 Å². The number of benzene rings is 1. The smallest absolute Gasteiger partial charge is 0.146 e. The number of nitrogens with zero attached hydrogens (tertiary/aromatic N) is 1. The summed E-state index contributed by atoms with van der Waals surface area (Å²) in [5.41, 5.74) is 8.09. The Morgan fingerprint density at radius 3 is 3.05 bits per heavy atom. The minimum absolute atomic E-state index is 0.212. The molecule has 2 atom stereocenters. The Hall–Kier alpha value is -1.26. The molecule has 0 radical (unpaired) electrons. The van der Waals surface area contributed by atoms with Crippen molar-refractivity contribution in [2.75, 3.05) is 25.0 Å². The number of hydrogen-bond acceptors (Lipinski definition) is 4. The van der Waals surface area contributed by atoms with E-state index in [0.29, 0.717) is 6.42 Å². The van der Waals surface area contributed by atoms with Crippen LogP contribution in [0.2, 0.25) is 0 Å². The average Bonchev–Trinajstić information content (AvgIpc) is 2.71. The van der Waals surface area contributed by atoms with Gasteiger partial charge in [0, 0.05) is 32.1 Å². The van der Waals surface area contributed by atoms with Crippen LogP contribution in [0.4, 0.5) is 5.69 Å². The van der Waals surface area contributed by atoms with Crippen molar-refractivity contribution in [3.8, 4) is 5.75 Å². The lowest BCUT2D eigenvalue weighted by Gasteiger charge is -2.29. The lowest BCUT2D eigenvalue weighted by atomic mass is 9.88. The molecule has 0 saturated heterocycles. The number of ether oxygens (including phenoxy) is 1. The third-order valence-electron chi connectivity index (χ3n) is 4.34. The van der Waals surface area contributed by atoms with Gasteiger partial charge in [0.2, 0.25) is 0 Å². The van der Waals surface area contributed by atoms with Crippen LogP contribution in [0.3, 0.4) is 0 Å². The lowest BCUT2D eigenvalue weighted by molar-refractivity contribution is 0.0377. The normalized spacial score (nSPS) is 29.5. The van der Waals surface area contributed by atoms with Crippen molar-refractivity contribution >= 4 is 5.69 Å². The van der Waals surface area contributed by atoms with Gasteiger partial charge in [-0.3, -0.25) is 0 Å². The molecule has 104 valence electrons. The summed E-state index contributed by atoms with van der Waals surface area (Å²) < 4.78 is 5.98. The van der Waals surface area contributed by atoms with Crippen LogP contribution in [0.15, 0.2) is 12.1 Å². The van der Waals surface area contributed by atoms with Crippen molar-refractivity contribution < 1.29 is 9.84 Å². The van der Waals surface area contributed by atoms with Crippen molar-refractivity contribution in [3.05, 3.63) is 23.3 Å². The van der Waals surface area contributed by atoms with E-state index in [1.165, 1.54) is 5.56 Å². The quantitative estimate of drug-likeness (QED) is 0.803. The van der Waals surface area contributed by atoms with Gasteiger partial charge < -0.3 is 20.5 Å². The van der Waals surface area contributed by atoms with Crippen molar-refractivity contribution in [1.29, 1.82) is 0 Å². The summed E-state index contributed by atoms with van der Waals surface area (Å²) in [7, 11) is 2.06. The SMILES string of the molecule is CC1Cc2ccc3c(c2O1)N(C)CCCC3(O)CN. The molecule has 2 heterocycles. The highest BCUT2D eigenvalue weighted by atomic mass is 16.5. The zero-order valence-electron chi connectivity index (χ0n) is 11.6. The van der Waals surface area contributed by atoms with E-state index in [1.807, 2.05) is 6.07 Å². The van der Waals surface area contributed by atoms with Crippen LogP contribution < -0.4 is 15.4 Å². The summed E-state index contributed by atoms with van der Waals surface area (Å²) in [6.45, 7) is 3.25. The molecule has 2 aliphatic rings. The third-order valence-corrected chi connectivity index (χ3v) is 4.34. The molecule has 0 saturated carbocycles. The van der Waals surface area contributed by atoms with Crippen molar-refractivity contribution in [2.45, 2.75) is 37.9 Å². The number of aliphatic hydroxyl groups is 1. The fourth-order valence-corrected chi connectivity index (χ4v) is 3.28. The average molecular weight is 262 g/mol. The van der Waals surface area contributed by atoms with Gasteiger partial charge in [-0.1, -0.05) is 12.1 Å². The molecular weight excluding hydrogens is 240 g/mol. The van der Waals surface area contributed by atoms with E-state index >= 15 is 0 Å². The third kappa shape index (κ3) is 1.90. The molecule has 4 nitrogen and oxygen atoms in total. The predicted octanol–water partition coefficient (Wildman–Crippen LogP) is 1.39. The van der Waals surface area contributed by atoms with Crippen molar-refractivity contribution in [2.24, 2.45) is 5.73 Å². The standard InChI is InChI=1S/C15H22N2O2/c1-10-8-11-4-5-12-13(14(11)19-10)17(2)7-3-6-15(12,18)9-16/h4-5,10,18H,3,6-9,16H2,1-2H3. The van der Waals surface area contributed by atoms with Gasteiger partial charge in [-0.15, -0.1) is 0 Å². The molecule has 0 fully saturated rings. The molecular formula is C15H22N2O2. The van der Waals surface area contributed by atoms with Crippen LogP contribution in [-0.2, 0) is 12.0 Å². The Bertz CT molecular complexity index is 503. The van der Waals surface area contributed by atoms with E-state index in [0.717, 1.165) is 36.4 Å². The highest BCUT2D eigenvalue weighted by Gasteiger charge is 2.37. The molecule has 19 heavy (non-hydrogen) atoms. The zero-order valence-corrected chi connectivity index (χ0v) is 11.6. The summed E-state index contributed by atoms with van der Waals surface area (Å²) in [4.78, 5) is 2.19. The molecule has 4 heteroatoms. The Labute approximate surface area is 114 Å². The van der Waals surface area contributed by atoms with Crippen LogP contribution in [-0.4, -0.2) is 31.3 Å². The van der Waals surface area contributed by atoms with Crippen LogP contribution in [0.1, 0.15) is 30.9 Å². The Morgan fingerprint density at radius 2 is 2.32 bits per heavy atom. The first-order chi connectivity index (χ1) is 9.05. The second kappa shape index (κ2) is 4.39. The minimum atomic E-state index is -0.926. The monoisotopic (exact) mass is 262 g/mol. The lowest BCUT2D eigenvalue weighted by Crippen LogP contribution is -2.34. The topological polar surface area (TPSA) is 58.7 Å². The van der Waals surface area contributed by atoms with E-state index in [4.69, 9.17) is 10.5 Å². The molecule has 3 N–H and O–H groups in total. The highest BCUT2D eigenvalue weighted by molar-refractivity contribution is 5.70. The number of rotatable bonds is 1. The molecule has 2 aliphatic heterocycles. The van der Waals surface area contributed by atoms with Gasteiger partial charge in [-0.2, -0.15) is 0 Å².